The molecule has 1 fully saturated rings. The van der Waals surface area contributed by atoms with Gasteiger partial charge in [-0.1, -0.05) is 18.2 Å². The normalized spacial score (nSPS) is 17.9. The Balaban J connectivity index is 1.96. The summed E-state index contributed by atoms with van der Waals surface area (Å²) in [5, 5.41) is 9.53. The second kappa shape index (κ2) is 5.64. The lowest BCUT2D eigenvalue weighted by Gasteiger charge is -2.21. The van der Waals surface area contributed by atoms with Crippen molar-refractivity contribution in [1.82, 2.24) is 20.4 Å². The molecule has 1 atom stereocenters. The van der Waals surface area contributed by atoms with Crippen LogP contribution in [0.1, 0.15) is 23.3 Å². The second-order valence-electron chi connectivity index (χ2n) is 5.30. The molecule has 0 spiro atoms. The highest BCUT2D eigenvalue weighted by atomic mass is 16.2. The van der Waals surface area contributed by atoms with Gasteiger partial charge in [0.15, 0.2) is 5.69 Å². The molecule has 1 aliphatic heterocycles. The van der Waals surface area contributed by atoms with E-state index in [1.54, 1.807) is 24.3 Å². The van der Waals surface area contributed by atoms with E-state index in [0.29, 0.717) is 10.8 Å². The van der Waals surface area contributed by atoms with Crippen LogP contribution in [0.15, 0.2) is 29.1 Å². The van der Waals surface area contributed by atoms with Gasteiger partial charge in [-0.15, -0.1) is 0 Å². The van der Waals surface area contributed by atoms with E-state index in [4.69, 9.17) is 0 Å². The largest absolute Gasteiger partial charge is 0.339 e. The molecule has 23 heavy (non-hydrogen) atoms. The fraction of sp³-hybridized carbons (Fsp3) is 0.267. The van der Waals surface area contributed by atoms with E-state index >= 15 is 0 Å². The third-order valence-corrected chi connectivity index (χ3v) is 3.72. The fourth-order valence-corrected chi connectivity index (χ4v) is 2.53. The molecule has 1 aliphatic rings. The van der Waals surface area contributed by atoms with Crippen LogP contribution >= 0.6 is 0 Å². The third kappa shape index (κ3) is 2.70. The number of rotatable bonds is 2. The fourth-order valence-electron chi connectivity index (χ4n) is 2.53. The molecular weight excluding hydrogens is 300 g/mol. The number of fused-ring (bicyclic) bond motifs is 1. The van der Waals surface area contributed by atoms with Crippen LogP contribution in [0.3, 0.4) is 0 Å². The number of carbonyl (C=O) groups excluding carboxylic acids is 3. The molecule has 2 N–H and O–H groups in total. The second-order valence-corrected chi connectivity index (χ2v) is 5.30. The highest BCUT2D eigenvalue weighted by molar-refractivity contribution is 6.07. The average molecular weight is 314 g/mol. The topological polar surface area (TPSA) is 110 Å². The van der Waals surface area contributed by atoms with E-state index in [1.165, 1.54) is 7.05 Å². The molecular formula is C15H14N4O4. The van der Waals surface area contributed by atoms with Crippen LogP contribution in [0.5, 0.6) is 0 Å². The zero-order valence-corrected chi connectivity index (χ0v) is 12.3. The Morgan fingerprint density at radius 3 is 2.65 bits per heavy atom. The molecule has 1 unspecified atom stereocenters. The Morgan fingerprint density at radius 1 is 1.26 bits per heavy atom. The summed E-state index contributed by atoms with van der Waals surface area (Å²) in [5.41, 5.74) is -0.245. The standard InChI is InChI=1S/C15H14N4O4/c1-19-15(23)9-5-3-2-4-8(9)12(18-19)14(22)16-10-6-7-11(20)17-13(10)21/h2-5,10H,6-7H2,1H3,(H,16,22)(H,17,20,21). The summed E-state index contributed by atoms with van der Waals surface area (Å²) in [6.45, 7) is 0. The van der Waals surface area contributed by atoms with E-state index in [9.17, 15) is 19.2 Å². The first-order chi connectivity index (χ1) is 11.0. The molecule has 0 saturated carbocycles. The van der Waals surface area contributed by atoms with Crippen LogP contribution in [0.2, 0.25) is 0 Å². The first-order valence-electron chi connectivity index (χ1n) is 7.08. The van der Waals surface area contributed by atoms with Crippen molar-refractivity contribution < 1.29 is 14.4 Å². The minimum Gasteiger partial charge on any atom is -0.339 e. The molecule has 3 amide bonds. The Labute approximate surface area is 130 Å². The van der Waals surface area contributed by atoms with E-state index in [-0.39, 0.29) is 30.0 Å². The maximum absolute atomic E-state index is 12.5. The van der Waals surface area contributed by atoms with Crippen LogP contribution in [0.4, 0.5) is 0 Å². The van der Waals surface area contributed by atoms with Gasteiger partial charge in [0.1, 0.15) is 6.04 Å². The summed E-state index contributed by atoms with van der Waals surface area (Å²) < 4.78 is 1.09. The van der Waals surface area contributed by atoms with Crippen molar-refractivity contribution in [2.75, 3.05) is 0 Å². The smallest absolute Gasteiger partial charge is 0.274 e. The predicted molar refractivity (Wildman–Crippen MR) is 80.6 cm³/mol. The summed E-state index contributed by atoms with van der Waals surface area (Å²) in [7, 11) is 1.46. The van der Waals surface area contributed by atoms with Gasteiger partial charge < -0.3 is 5.32 Å². The van der Waals surface area contributed by atoms with Crippen LogP contribution in [0.25, 0.3) is 10.8 Å². The molecule has 3 rings (SSSR count). The van der Waals surface area contributed by atoms with E-state index in [1.807, 2.05) is 0 Å². The molecule has 2 heterocycles. The summed E-state index contributed by atoms with van der Waals surface area (Å²) in [5.74, 6) is -1.46. The van der Waals surface area contributed by atoms with E-state index < -0.39 is 17.9 Å². The molecule has 1 aromatic carbocycles. The Bertz CT molecular complexity index is 887. The minimum atomic E-state index is -0.794. The molecule has 0 aliphatic carbocycles. The van der Waals surface area contributed by atoms with Gasteiger partial charge in [-0.05, 0) is 12.5 Å². The van der Waals surface area contributed by atoms with Gasteiger partial charge in [0.05, 0.1) is 5.39 Å². The maximum atomic E-state index is 12.5. The zero-order chi connectivity index (χ0) is 16.6. The summed E-state index contributed by atoms with van der Waals surface area (Å²) in [6, 6.07) is 5.85. The monoisotopic (exact) mass is 314 g/mol. The molecule has 8 heteroatoms. The van der Waals surface area contributed by atoms with Crippen LogP contribution in [0, 0.1) is 0 Å². The number of amides is 3. The predicted octanol–water partition coefficient (Wildman–Crippen LogP) is -0.531. The molecule has 0 bridgehead atoms. The zero-order valence-electron chi connectivity index (χ0n) is 12.3. The SMILES string of the molecule is Cn1nc(C(=O)NC2CCC(=O)NC2=O)c2ccccc2c1=O. The molecule has 8 nitrogen and oxygen atoms in total. The van der Waals surface area contributed by atoms with Crippen molar-refractivity contribution in [2.45, 2.75) is 18.9 Å². The lowest BCUT2D eigenvalue weighted by molar-refractivity contribution is -0.134. The van der Waals surface area contributed by atoms with Gasteiger partial charge in [-0.25, -0.2) is 4.68 Å². The van der Waals surface area contributed by atoms with Crippen molar-refractivity contribution in [2.24, 2.45) is 7.05 Å². The van der Waals surface area contributed by atoms with Crippen molar-refractivity contribution in [3.05, 3.63) is 40.3 Å². The molecule has 1 saturated heterocycles. The number of piperidine rings is 1. The van der Waals surface area contributed by atoms with Gasteiger partial charge in [-0.2, -0.15) is 5.10 Å². The highest BCUT2D eigenvalue weighted by Gasteiger charge is 2.29. The van der Waals surface area contributed by atoms with Gasteiger partial charge >= 0.3 is 0 Å². The number of nitrogens with one attached hydrogen (secondary N) is 2. The van der Waals surface area contributed by atoms with Gasteiger partial charge in [0.25, 0.3) is 11.5 Å². The minimum absolute atomic E-state index is 0.0624. The summed E-state index contributed by atoms with van der Waals surface area (Å²) in [6.07, 6.45) is 0.401. The number of benzene rings is 1. The van der Waals surface area contributed by atoms with Gasteiger partial charge in [0, 0.05) is 18.9 Å². The van der Waals surface area contributed by atoms with Gasteiger partial charge in [-0.3, -0.25) is 24.5 Å². The first kappa shape index (κ1) is 14.9. The van der Waals surface area contributed by atoms with Crippen LogP contribution < -0.4 is 16.2 Å². The Morgan fingerprint density at radius 2 is 1.96 bits per heavy atom. The maximum Gasteiger partial charge on any atom is 0.274 e. The van der Waals surface area contributed by atoms with Crippen molar-refractivity contribution in [3.8, 4) is 0 Å². The number of carbonyl (C=O) groups is 3. The highest BCUT2D eigenvalue weighted by Crippen LogP contribution is 2.14. The third-order valence-electron chi connectivity index (χ3n) is 3.72. The van der Waals surface area contributed by atoms with Crippen LogP contribution in [-0.4, -0.2) is 33.5 Å². The Hall–Kier alpha value is -3.03. The number of nitrogens with zero attached hydrogens (tertiary/aromatic N) is 2. The summed E-state index contributed by atoms with van der Waals surface area (Å²) >= 11 is 0. The van der Waals surface area contributed by atoms with Crippen molar-refractivity contribution >= 4 is 28.5 Å². The van der Waals surface area contributed by atoms with Crippen molar-refractivity contribution in [3.63, 3.8) is 0 Å². The van der Waals surface area contributed by atoms with E-state index in [2.05, 4.69) is 15.7 Å². The number of imide groups is 1. The molecule has 0 radical (unpaired) electrons. The number of hydrogen-bond acceptors (Lipinski definition) is 5. The molecule has 118 valence electrons. The molecule has 2 aromatic rings. The lowest BCUT2D eigenvalue weighted by Crippen LogP contribution is -2.52. The van der Waals surface area contributed by atoms with E-state index in [0.717, 1.165) is 4.68 Å². The van der Waals surface area contributed by atoms with Crippen LogP contribution in [-0.2, 0) is 16.6 Å². The summed E-state index contributed by atoms with van der Waals surface area (Å²) in [4.78, 5) is 47.4. The number of aromatic nitrogens is 2. The van der Waals surface area contributed by atoms with Gasteiger partial charge in [0.2, 0.25) is 11.8 Å². The number of aryl methyl sites for hydroxylation is 1. The lowest BCUT2D eigenvalue weighted by atomic mass is 10.1. The van der Waals surface area contributed by atoms with Crippen molar-refractivity contribution in [1.29, 1.82) is 0 Å². The quantitative estimate of drug-likeness (QED) is 0.724. The first-order valence-corrected chi connectivity index (χ1v) is 7.08. The molecule has 1 aromatic heterocycles. The number of hydrogen-bond donors (Lipinski definition) is 2. The average Bonchev–Trinajstić information content (AvgIpc) is 2.53. The Kier molecular flexibility index (Phi) is 3.65.